The van der Waals surface area contributed by atoms with Gasteiger partial charge in [-0.1, -0.05) is 0 Å². The highest BCUT2D eigenvalue weighted by Crippen LogP contribution is 2.17. The number of hydrogen-bond donors (Lipinski definition) is 1. The first-order chi connectivity index (χ1) is 7.13. The molecule has 0 fully saturated rings. The van der Waals surface area contributed by atoms with E-state index in [1.54, 1.807) is 12.1 Å². The Morgan fingerprint density at radius 3 is 2.87 bits per heavy atom. The van der Waals surface area contributed by atoms with Gasteiger partial charge in [0.1, 0.15) is 5.82 Å². The normalized spacial score (nSPS) is 10.8. The molecule has 0 aliphatic rings. The second-order valence-corrected chi connectivity index (χ2v) is 3.41. The third-order valence-electron chi connectivity index (χ3n) is 2.50. The molecule has 1 heterocycles. The summed E-state index contributed by atoms with van der Waals surface area (Å²) in [5.41, 5.74) is 2.01. The molecule has 4 nitrogen and oxygen atoms in total. The fourth-order valence-corrected chi connectivity index (χ4v) is 1.78. The maximum Gasteiger partial charge on any atom is 0.335 e. The van der Waals surface area contributed by atoms with Crippen LogP contribution in [0.4, 0.5) is 0 Å². The van der Waals surface area contributed by atoms with Crippen molar-refractivity contribution < 1.29 is 9.90 Å². The van der Waals surface area contributed by atoms with Gasteiger partial charge in [0.05, 0.1) is 16.6 Å². The Bertz CT molecular complexity index is 529. The lowest BCUT2D eigenvalue weighted by atomic mass is 10.2. The van der Waals surface area contributed by atoms with E-state index in [-0.39, 0.29) is 5.56 Å². The molecule has 2 rings (SSSR count). The van der Waals surface area contributed by atoms with E-state index < -0.39 is 5.97 Å². The number of carbonyl (C=O) groups is 1. The maximum atomic E-state index is 10.8. The zero-order chi connectivity index (χ0) is 11.0. The van der Waals surface area contributed by atoms with Gasteiger partial charge in [-0.15, -0.1) is 0 Å². The average molecular weight is 204 g/mol. The minimum atomic E-state index is -0.916. The predicted octanol–water partition coefficient (Wildman–Crippen LogP) is 2.06. The van der Waals surface area contributed by atoms with Gasteiger partial charge in [-0.05, 0) is 32.0 Å². The molecule has 15 heavy (non-hydrogen) atoms. The van der Waals surface area contributed by atoms with E-state index in [4.69, 9.17) is 5.11 Å². The molecule has 0 saturated heterocycles. The summed E-state index contributed by atoms with van der Waals surface area (Å²) in [6.07, 6.45) is 0. The number of benzene rings is 1. The topological polar surface area (TPSA) is 55.1 Å². The highest BCUT2D eigenvalue weighted by Gasteiger charge is 2.09. The zero-order valence-electron chi connectivity index (χ0n) is 8.69. The van der Waals surface area contributed by atoms with Gasteiger partial charge in [-0.3, -0.25) is 0 Å². The number of aryl methyl sites for hydroxylation is 2. The Morgan fingerprint density at radius 2 is 2.27 bits per heavy atom. The van der Waals surface area contributed by atoms with Crippen molar-refractivity contribution in [3.63, 3.8) is 0 Å². The lowest BCUT2D eigenvalue weighted by Gasteiger charge is -2.01. The Kier molecular flexibility index (Phi) is 2.19. The van der Waals surface area contributed by atoms with Crippen molar-refractivity contribution in [2.45, 2.75) is 20.4 Å². The van der Waals surface area contributed by atoms with Crippen molar-refractivity contribution in [1.82, 2.24) is 9.55 Å². The number of rotatable bonds is 2. The molecule has 0 saturated carbocycles. The molecule has 0 atom stereocenters. The van der Waals surface area contributed by atoms with Crippen LogP contribution in [0.2, 0.25) is 0 Å². The summed E-state index contributed by atoms with van der Waals surface area (Å²) >= 11 is 0. The van der Waals surface area contributed by atoms with Crippen molar-refractivity contribution in [3.8, 4) is 0 Å². The first kappa shape index (κ1) is 9.71. The highest BCUT2D eigenvalue weighted by atomic mass is 16.4. The molecule has 0 aliphatic carbocycles. The summed E-state index contributed by atoms with van der Waals surface area (Å²) in [5.74, 6) is -0.00404. The van der Waals surface area contributed by atoms with Crippen LogP contribution < -0.4 is 0 Å². The van der Waals surface area contributed by atoms with Gasteiger partial charge in [0, 0.05) is 6.54 Å². The summed E-state index contributed by atoms with van der Waals surface area (Å²) < 4.78 is 2.06. The average Bonchev–Trinajstić information content (AvgIpc) is 2.51. The van der Waals surface area contributed by atoms with Gasteiger partial charge in [-0.25, -0.2) is 9.78 Å². The molecule has 2 aromatic rings. The molecule has 4 heteroatoms. The molecule has 1 aromatic carbocycles. The number of nitrogens with zero attached hydrogens (tertiary/aromatic N) is 2. The van der Waals surface area contributed by atoms with Crippen molar-refractivity contribution in [1.29, 1.82) is 0 Å². The minimum Gasteiger partial charge on any atom is -0.478 e. The van der Waals surface area contributed by atoms with Crippen molar-refractivity contribution in [3.05, 3.63) is 29.6 Å². The summed E-state index contributed by atoms with van der Waals surface area (Å²) in [7, 11) is 0. The van der Waals surface area contributed by atoms with Crippen LogP contribution in [0, 0.1) is 6.92 Å². The largest absolute Gasteiger partial charge is 0.478 e. The van der Waals surface area contributed by atoms with E-state index in [2.05, 4.69) is 9.55 Å². The van der Waals surface area contributed by atoms with Crippen LogP contribution in [0.25, 0.3) is 11.0 Å². The monoisotopic (exact) mass is 204 g/mol. The Morgan fingerprint density at radius 1 is 1.53 bits per heavy atom. The molecule has 0 unspecified atom stereocenters. The van der Waals surface area contributed by atoms with Crippen molar-refractivity contribution >= 4 is 17.0 Å². The number of aromatic carboxylic acids is 1. The van der Waals surface area contributed by atoms with Gasteiger partial charge in [0.15, 0.2) is 0 Å². The highest BCUT2D eigenvalue weighted by molar-refractivity contribution is 5.92. The molecule has 0 aliphatic heterocycles. The Balaban J connectivity index is 2.69. The second-order valence-electron chi connectivity index (χ2n) is 3.41. The molecule has 1 N–H and O–H groups in total. The molecule has 0 spiro atoms. The van der Waals surface area contributed by atoms with Crippen LogP contribution in [-0.2, 0) is 6.54 Å². The first-order valence-electron chi connectivity index (χ1n) is 4.83. The predicted molar refractivity (Wildman–Crippen MR) is 57.1 cm³/mol. The lowest BCUT2D eigenvalue weighted by Crippen LogP contribution is -1.97. The number of fused-ring (bicyclic) bond motifs is 1. The zero-order valence-corrected chi connectivity index (χ0v) is 8.69. The quantitative estimate of drug-likeness (QED) is 0.814. The van der Waals surface area contributed by atoms with Crippen LogP contribution in [-0.4, -0.2) is 20.6 Å². The number of carboxylic acid groups (broad SMARTS) is 1. The fraction of sp³-hybridized carbons (Fsp3) is 0.273. The Labute approximate surface area is 87.2 Å². The summed E-state index contributed by atoms with van der Waals surface area (Å²) in [6.45, 7) is 4.80. The Hall–Kier alpha value is -1.84. The first-order valence-corrected chi connectivity index (χ1v) is 4.83. The van der Waals surface area contributed by atoms with Crippen LogP contribution in [0.15, 0.2) is 18.2 Å². The van der Waals surface area contributed by atoms with E-state index in [9.17, 15) is 4.79 Å². The van der Waals surface area contributed by atoms with Gasteiger partial charge >= 0.3 is 5.97 Å². The molecule has 78 valence electrons. The summed E-state index contributed by atoms with van der Waals surface area (Å²) in [6, 6.07) is 5.02. The van der Waals surface area contributed by atoms with Gasteiger partial charge in [-0.2, -0.15) is 0 Å². The van der Waals surface area contributed by atoms with Gasteiger partial charge < -0.3 is 9.67 Å². The number of hydrogen-bond acceptors (Lipinski definition) is 2. The molecule has 1 aromatic heterocycles. The van der Waals surface area contributed by atoms with Gasteiger partial charge in [0.2, 0.25) is 0 Å². The number of aromatic nitrogens is 2. The van der Waals surface area contributed by atoms with E-state index >= 15 is 0 Å². The van der Waals surface area contributed by atoms with E-state index in [0.717, 1.165) is 23.4 Å². The number of imidazole rings is 1. The number of carboxylic acids is 1. The van der Waals surface area contributed by atoms with E-state index in [0.29, 0.717) is 0 Å². The molecular weight excluding hydrogens is 192 g/mol. The summed E-state index contributed by atoms with van der Waals surface area (Å²) in [5, 5.41) is 8.84. The fourth-order valence-electron chi connectivity index (χ4n) is 1.78. The van der Waals surface area contributed by atoms with Gasteiger partial charge in [0.25, 0.3) is 0 Å². The van der Waals surface area contributed by atoms with Crippen molar-refractivity contribution in [2.24, 2.45) is 0 Å². The molecular formula is C11H12N2O2. The van der Waals surface area contributed by atoms with Crippen LogP contribution in [0.1, 0.15) is 23.1 Å². The minimum absolute atomic E-state index is 0.281. The molecule has 0 amide bonds. The SMILES string of the molecule is CCn1c(C)nc2cc(C(=O)O)ccc21. The third-order valence-corrected chi connectivity index (χ3v) is 2.50. The van der Waals surface area contributed by atoms with E-state index in [1.165, 1.54) is 0 Å². The van der Waals surface area contributed by atoms with E-state index in [1.807, 2.05) is 19.9 Å². The van der Waals surface area contributed by atoms with Crippen LogP contribution in [0.3, 0.4) is 0 Å². The lowest BCUT2D eigenvalue weighted by molar-refractivity contribution is 0.0697. The summed E-state index contributed by atoms with van der Waals surface area (Å²) in [4.78, 5) is 15.1. The smallest absolute Gasteiger partial charge is 0.335 e. The third kappa shape index (κ3) is 1.48. The van der Waals surface area contributed by atoms with Crippen LogP contribution in [0.5, 0.6) is 0 Å². The molecule has 0 radical (unpaired) electrons. The maximum absolute atomic E-state index is 10.8. The van der Waals surface area contributed by atoms with Crippen LogP contribution >= 0.6 is 0 Å². The standard InChI is InChI=1S/C11H12N2O2/c1-3-13-7(2)12-9-6-8(11(14)15)4-5-10(9)13/h4-6H,3H2,1-2H3,(H,14,15). The second kappa shape index (κ2) is 3.38. The molecule has 0 bridgehead atoms. The van der Waals surface area contributed by atoms with Crippen molar-refractivity contribution in [2.75, 3.05) is 0 Å².